The van der Waals surface area contributed by atoms with Crippen LogP contribution in [0.25, 0.3) is 0 Å². The molecule has 0 saturated heterocycles. The van der Waals surface area contributed by atoms with Crippen molar-refractivity contribution < 1.29 is 0 Å². The highest BCUT2D eigenvalue weighted by Crippen LogP contribution is 2.34. The van der Waals surface area contributed by atoms with Crippen molar-refractivity contribution in [3.05, 3.63) is 42.4 Å². The zero-order valence-corrected chi connectivity index (χ0v) is 15.8. The summed E-state index contributed by atoms with van der Waals surface area (Å²) in [7, 11) is 0. The summed E-state index contributed by atoms with van der Waals surface area (Å²) in [5, 5.41) is 0. The van der Waals surface area contributed by atoms with Crippen LogP contribution in [-0.2, 0) is 0 Å². The third-order valence-corrected chi connectivity index (χ3v) is 4.31. The van der Waals surface area contributed by atoms with Crippen LogP contribution in [0.5, 0.6) is 0 Å². The molecule has 0 fully saturated rings. The molecule has 2 aromatic rings. The van der Waals surface area contributed by atoms with E-state index in [1.54, 1.807) is 12.4 Å². The van der Waals surface area contributed by atoms with Gasteiger partial charge in [0, 0.05) is 21.3 Å². The van der Waals surface area contributed by atoms with Gasteiger partial charge in [-0.3, -0.25) is 4.90 Å². The topological polar surface area (TPSA) is 55.0 Å². The predicted octanol–water partition coefficient (Wildman–Crippen LogP) is 4.58. The van der Waals surface area contributed by atoms with Crippen LogP contribution in [0.4, 0.5) is 11.6 Å². The molecule has 0 aliphatic carbocycles. The van der Waals surface area contributed by atoms with Crippen LogP contribution in [0.1, 0.15) is 0 Å². The summed E-state index contributed by atoms with van der Waals surface area (Å²) >= 11 is 13.7. The van der Waals surface area contributed by atoms with E-state index >= 15 is 0 Å². The first-order valence-electron chi connectivity index (χ1n) is 5.12. The van der Waals surface area contributed by atoms with E-state index in [9.17, 15) is 0 Å². The summed E-state index contributed by atoms with van der Waals surface area (Å²) in [6, 6.07) is 3.83. The lowest BCUT2D eigenvalue weighted by molar-refractivity contribution is 0.922. The van der Waals surface area contributed by atoms with Gasteiger partial charge in [0.15, 0.2) is 0 Å². The van der Waals surface area contributed by atoms with Crippen molar-refractivity contribution in [2.45, 2.75) is 0 Å². The lowest BCUT2D eigenvalue weighted by Crippen LogP contribution is -2.27. The number of nitrogens with zero attached hydrogens (tertiary/aromatic N) is 3. The zero-order chi connectivity index (χ0) is 14.0. The summed E-state index contributed by atoms with van der Waals surface area (Å²) in [6.07, 6.45) is 3.44. The van der Waals surface area contributed by atoms with Crippen molar-refractivity contribution >= 4 is 75.4 Å². The Kier molecular flexibility index (Phi) is 5.36. The number of rotatable bonds is 3. The van der Waals surface area contributed by atoms with Crippen LogP contribution in [-0.4, -0.2) is 16.6 Å². The maximum Gasteiger partial charge on any atom is 0.149 e. The van der Waals surface area contributed by atoms with Gasteiger partial charge in [-0.25, -0.2) is 9.97 Å². The predicted molar refractivity (Wildman–Crippen MR) is 90.5 cm³/mol. The number of halogens is 4. The van der Waals surface area contributed by atoms with Crippen LogP contribution in [0, 0.1) is 0 Å². The number of hydrogen-bond acceptors (Lipinski definition) is 4. The van der Waals surface area contributed by atoms with E-state index in [-0.39, 0.29) is 6.67 Å². The van der Waals surface area contributed by atoms with Gasteiger partial charge in [-0.1, -0.05) is 0 Å². The molecule has 100 valence electrons. The van der Waals surface area contributed by atoms with Crippen molar-refractivity contribution in [3.63, 3.8) is 0 Å². The largest absolute Gasteiger partial charge is 0.313 e. The van der Waals surface area contributed by atoms with E-state index in [0.29, 0.717) is 11.6 Å². The molecule has 0 bridgehead atoms. The van der Waals surface area contributed by atoms with E-state index in [0.717, 1.165) is 17.9 Å². The Morgan fingerprint density at radius 1 is 0.895 bits per heavy atom. The maximum atomic E-state index is 5.83. The standard InChI is InChI=1S/C11H8Br4N4/c12-6-1-8(14)10(17-3-6)19(5-16)11-9(15)2-7(13)4-18-11/h1-4H,5,16H2. The van der Waals surface area contributed by atoms with Gasteiger partial charge >= 0.3 is 0 Å². The molecule has 2 rings (SSSR count). The number of nitrogens with two attached hydrogens (primary N) is 1. The molecule has 0 spiro atoms. The number of hydrogen-bond donors (Lipinski definition) is 1. The lowest BCUT2D eigenvalue weighted by atomic mass is 10.4. The lowest BCUT2D eigenvalue weighted by Gasteiger charge is -2.23. The number of anilines is 2. The monoisotopic (exact) mass is 512 g/mol. The highest BCUT2D eigenvalue weighted by atomic mass is 79.9. The number of aromatic nitrogens is 2. The molecule has 0 unspecified atom stereocenters. The second-order valence-corrected chi connectivity index (χ2v) is 7.07. The Balaban J connectivity index is 2.50. The minimum absolute atomic E-state index is 0.264. The Morgan fingerprint density at radius 2 is 1.32 bits per heavy atom. The second kappa shape index (κ2) is 6.62. The summed E-state index contributed by atoms with van der Waals surface area (Å²) < 4.78 is 3.46. The first-order valence-corrected chi connectivity index (χ1v) is 8.30. The van der Waals surface area contributed by atoms with Crippen molar-refractivity contribution in [3.8, 4) is 0 Å². The third kappa shape index (κ3) is 3.55. The van der Waals surface area contributed by atoms with Crippen molar-refractivity contribution in [2.75, 3.05) is 11.6 Å². The number of pyridine rings is 2. The zero-order valence-electron chi connectivity index (χ0n) is 9.45. The third-order valence-electron chi connectivity index (χ3n) is 2.27. The van der Waals surface area contributed by atoms with Gasteiger partial charge < -0.3 is 5.73 Å². The molecule has 0 aliphatic heterocycles. The average Bonchev–Trinajstić information content (AvgIpc) is 2.34. The second-order valence-electron chi connectivity index (χ2n) is 3.53. The highest BCUT2D eigenvalue weighted by Gasteiger charge is 2.17. The van der Waals surface area contributed by atoms with Crippen LogP contribution in [0.2, 0.25) is 0 Å². The van der Waals surface area contributed by atoms with Crippen LogP contribution in [0.3, 0.4) is 0 Å². The van der Waals surface area contributed by atoms with Gasteiger partial charge in [-0.05, 0) is 75.9 Å². The summed E-state index contributed by atoms with van der Waals surface area (Å²) in [5.74, 6) is 1.42. The van der Waals surface area contributed by atoms with Crippen LogP contribution >= 0.6 is 63.7 Å². The molecule has 19 heavy (non-hydrogen) atoms. The van der Waals surface area contributed by atoms with Crippen molar-refractivity contribution in [1.29, 1.82) is 0 Å². The van der Waals surface area contributed by atoms with E-state index in [2.05, 4.69) is 73.7 Å². The van der Waals surface area contributed by atoms with E-state index in [4.69, 9.17) is 5.73 Å². The normalized spacial score (nSPS) is 10.6. The molecular weight excluding hydrogens is 508 g/mol. The summed E-state index contributed by atoms with van der Waals surface area (Å²) in [5.41, 5.74) is 5.83. The molecule has 0 aromatic carbocycles. The van der Waals surface area contributed by atoms with E-state index in [1.165, 1.54) is 0 Å². The minimum Gasteiger partial charge on any atom is -0.313 e. The molecule has 0 amide bonds. The molecule has 4 nitrogen and oxygen atoms in total. The molecule has 0 aliphatic rings. The van der Waals surface area contributed by atoms with Crippen molar-refractivity contribution in [1.82, 2.24) is 9.97 Å². The molecule has 0 atom stereocenters. The Labute approximate surface area is 144 Å². The van der Waals surface area contributed by atoms with Gasteiger partial charge in [-0.2, -0.15) is 0 Å². The highest BCUT2D eigenvalue weighted by molar-refractivity contribution is 9.11. The molecule has 8 heteroatoms. The van der Waals surface area contributed by atoms with Gasteiger partial charge in [0.05, 0.1) is 15.6 Å². The Hall–Kier alpha value is -0.0200. The van der Waals surface area contributed by atoms with Gasteiger partial charge in [0.25, 0.3) is 0 Å². The summed E-state index contributed by atoms with van der Waals surface area (Å²) in [4.78, 5) is 10.5. The molecule has 2 N–H and O–H groups in total. The molecule has 0 saturated carbocycles. The van der Waals surface area contributed by atoms with Gasteiger partial charge in [0.1, 0.15) is 11.6 Å². The van der Waals surface area contributed by atoms with Gasteiger partial charge in [-0.15, -0.1) is 0 Å². The van der Waals surface area contributed by atoms with Gasteiger partial charge in [0.2, 0.25) is 0 Å². The quantitative estimate of drug-likeness (QED) is 0.608. The Bertz CT molecular complexity index is 554. The average molecular weight is 516 g/mol. The van der Waals surface area contributed by atoms with E-state index < -0.39 is 0 Å². The first kappa shape index (κ1) is 15.4. The molecule has 2 heterocycles. The summed E-state index contributed by atoms with van der Waals surface area (Å²) in [6.45, 7) is 0.264. The van der Waals surface area contributed by atoms with Crippen LogP contribution in [0.15, 0.2) is 42.4 Å². The first-order chi connectivity index (χ1) is 9.02. The fraction of sp³-hybridized carbons (Fsp3) is 0.0909. The smallest absolute Gasteiger partial charge is 0.149 e. The molecule has 2 aromatic heterocycles. The SMILES string of the molecule is NCN(c1ncc(Br)cc1Br)c1ncc(Br)cc1Br. The fourth-order valence-corrected chi connectivity index (χ4v) is 3.89. The Morgan fingerprint density at radius 3 is 1.63 bits per heavy atom. The van der Waals surface area contributed by atoms with Crippen LogP contribution < -0.4 is 10.6 Å². The minimum atomic E-state index is 0.264. The van der Waals surface area contributed by atoms with E-state index in [1.807, 2.05) is 17.0 Å². The van der Waals surface area contributed by atoms with Crippen molar-refractivity contribution in [2.24, 2.45) is 5.73 Å². The fourth-order valence-electron chi connectivity index (χ4n) is 1.49. The maximum absolute atomic E-state index is 5.83. The molecule has 0 radical (unpaired) electrons. The molecular formula is C11H8Br4N4.